The van der Waals surface area contributed by atoms with E-state index in [1.165, 1.54) is 11.8 Å². The highest BCUT2D eigenvalue weighted by Gasteiger charge is 2.23. The lowest BCUT2D eigenvalue weighted by Gasteiger charge is -2.20. The van der Waals surface area contributed by atoms with Crippen LogP contribution in [-0.2, 0) is 6.54 Å². The van der Waals surface area contributed by atoms with Gasteiger partial charge in [0.25, 0.3) is 0 Å². The zero-order chi connectivity index (χ0) is 19.4. The molecule has 3 nitrogen and oxygen atoms in total. The Labute approximate surface area is 186 Å². The number of thioether (sulfide) groups is 1. The molecule has 0 saturated carbocycles. The minimum absolute atomic E-state index is 0.198. The van der Waals surface area contributed by atoms with Crippen molar-refractivity contribution in [3.05, 3.63) is 80.8 Å². The number of hydrogen-bond acceptors (Lipinski definition) is 4. The number of ether oxygens (including phenoxy) is 1. The summed E-state index contributed by atoms with van der Waals surface area (Å²) in [6.07, 6.45) is 5.28. The highest BCUT2D eigenvalue weighted by Crippen LogP contribution is 2.42. The first-order valence-electron chi connectivity index (χ1n) is 7.66. The van der Waals surface area contributed by atoms with Crippen molar-refractivity contribution in [1.82, 2.24) is 9.55 Å². The average molecular weight is 478 g/mol. The van der Waals surface area contributed by atoms with Crippen LogP contribution in [0.4, 0.5) is 0 Å². The Hall–Kier alpha value is -0.950. The fraction of sp³-hybridized carbons (Fsp3) is 0.111. The molecule has 1 atom stereocenters. The first kappa shape index (κ1) is 20.8. The van der Waals surface area contributed by atoms with Crippen molar-refractivity contribution in [2.45, 2.75) is 11.8 Å². The van der Waals surface area contributed by atoms with Crippen LogP contribution < -0.4 is 4.74 Å². The lowest BCUT2D eigenvalue weighted by molar-refractivity contribution is 0.578. The summed E-state index contributed by atoms with van der Waals surface area (Å²) in [4.78, 5) is 4.07. The Bertz CT molecular complexity index is 910. The smallest absolute Gasteiger partial charge is 0.226 e. The zero-order valence-corrected chi connectivity index (χ0v) is 18.3. The number of hydrogen-bond donors (Lipinski definition) is 0. The summed E-state index contributed by atoms with van der Waals surface area (Å²) in [5.74, 6) is 0.603. The summed E-state index contributed by atoms with van der Waals surface area (Å²) in [6, 6.07) is 10.3. The lowest BCUT2D eigenvalue weighted by Crippen LogP contribution is -2.11. The van der Waals surface area contributed by atoms with Crippen LogP contribution in [0.1, 0.15) is 10.8 Å². The van der Waals surface area contributed by atoms with Crippen molar-refractivity contribution in [3.8, 4) is 5.75 Å². The number of rotatable bonds is 5. The molecule has 1 aromatic heterocycles. The maximum absolute atomic E-state index is 6.42. The van der Waals surface area contributed by atoms with Crippen molar-refractivity contribution in [2.24, 2.45) is 0 Å². The molecular formula is C18H12Cl4N2OS2. The third-order valence-electron chi connectivity index (χ3n) is 3.55. The summed E-state index contributed by atoms with van der Waals surface area (Å²) >= 11 is 31.6. The predicted molar refractivity (Wildman–Crippen MR) is 119 cm³/mol. The number of nitrogens with zero attached hydrogens (tertiary/aromatic N) is 2. The van der Waals surface area contributed by atoms with Crippen LogP contribution >= 0.6 is 70.4 Å². The summed E-state index contributed by atoms with van der Waals surface area (Å²) in [7, 11) is 0. The van der Waals surface area contributed by atoms with E-state index in [0.717, 1.165) is 5.56 Å². The zero-order valence-electron chi connectivity index (χ0n) is 13.6. The molecule has 27 heavy (non-hydrogen) atoms. The molecule has 0 aliphatic carbocycles. The van der Waals surface area contributed by atoms with Gasteiger partial charge in [-0.25, -0.2) is 4.98 Å². The molecule has 140 valence electrons. The first-order chi connectivity index (χ1) is 12.9. The van der Waals surface area contributed by atoms with Crippen LogP contribution in [0.3, 0.4) is 0 Å². The highest BCUT2D eigenvalue weighted by atomic mass is 35.5. The fourth-order valence-electron chi connectivity index (χ4n) is 2.37. The van der Waals surface area contributed by atoms with Gasteiger partial charge >= 0.3 is 0 Å². The second-order valence-electron chi connectivity index (χ2n) is 5.46. The molecule has 0 aliphatic rings. The van der Waals surface area contributed by atoms with Gasteiger partial charge in [-0.05, 0) is 48.6 Å². The molecule has 0 radical (unpaired) electrons. The SMILES string of the molecule is S=C(Oc1ccc(Cl)cc1)SC(Cn1ccnc1)c1c(Cl)cc(Cl)cc1Cl. The number of halogens is 4. The lowest BCUT2D eigenvalue weighted by atomic mass is 10.1. The monoisotopic (exact) mass is 476 g/mol. The van der Waals surface area contributed by atoms with Crippen molar-refractivity contribution in [1.29, 1.82) is 0 Å². The summed E-state index contributed by atoms with van der Waals surface area (Å²) < 4.78 is 8.00. The van der Waals surface area contributed by atoms with Gasteiger partial charge in [-0.1, -0.05) is 58.2 Å². The molecule has 0 spiro atoms. The number of thiocarbonyl (C=S) groups is 1. The van der Waals surface area contributed by atoms with Gasteiger partial charge in [-0.2, -0.15) is 0 Å². The molecule has 1 heterocycles. The Morgan fingerprint density at radius 3 is 2.33 bits per heavy atom. The van der Waals surface area contributed by atoms with Gasteiger partial charge in [0.2, 0.25) is 4.38 Å². The molecule has 2 aromatic carbocycles. The molecule has 0 amide bonds. The van der Waals surface area contributed by atoms with Crippen LogP contribution in [0.15, 0.2) is 55.1 Å². The van der Waals surface area contributed by atoms with Crippen molar-refractivity contribution in [3.63, 3.8) is 0 Å². The largest absolute Gasteiger partial charge is 0.440 e. The number of aromatic nitrogens is 2. The van der Waals surface area contributed by atoms with Crippen LogP contribution in [-0.4, -0.2) is 13.9 Å². The van der Waals surface area contributed by atoms with E-state index in [1.54, 1.807) is 48.9 Å². The van der Waals surface area contributed by atoms with Crippen LogP contribution in [0.5, 0.6) is 5.75 Å². The Morgan fingerprint density at radius 2 is 1.74 bits per heavy atom. The summed E-state index contributed by atoms with van der Waals surface area (Å²) in [5.41, 5.74) is 0.739. The molecule has 0 aliphatic heterocycles. The van der Waals surface area contributed by atoms with Crippen LogP contribution in [0.25, 0.3) is 0 Å². The topological polar surface area (TPSA) is 27.1 Å². The van der Waals surface area contributed by atoms with Crippen molar-refractivity contribution in [2.75, 3.05) is 0 Å². The molecule has 3 aromatic rings. The Balaban J connectivity index is 1.84. The maximum Gasteiger partial charge on any atom is 0.226 e. The third-order valence-corrected chi connectivity index (χ3v) is 5.97. The van der Waals surface area contributed by atoms with E-state index < -0.39 is 0 Å². The summed E-state index contributed by atoms with van der Waals surface area (Å²) in [6.45, 7) is 0.551. The van der Waals surface area contributed by atoms with Gasteiger partial charge in [0, 0.05) is 44.6 Å². The number of imidazole rings is 1. The fourth-order valence-corrected chi connectivity index (χ4v) is 5.15. The molecule has 3 rings (SSSR count). The van der Waals surface area contributed by atoms with Crippen LogP contribution in [0, 0.1) is 0 Å². The Morgan fingerprint density at radius 1 is 1.07 bits per heavy atom. The van der Waals surface area contributed by atoms with Crippen LogP contribution in [0.2, 0.25) is 20.1 Å². The first-order valence-corrected chi connectivity index (χ1v) is 10.5. The van der Waals surface area contributed by atoms with Gasteiger partial charge in [-0.3, -0.25) is 0 Å². The molecule has 0 bridgehead atoms. The molecule has 0 N–H and O–H groups in total. The third kappa shape index (κ3) is 5.76. The quantitative estimate of drug-likeness (QED) is 0.359. The van der Waals surface area contributed by atoms with Gasteiger partial charge in [0.05, 0.1) is 11.6 Å². The second-order valence-corrected chi connectivity index (χ2v) is 8.95. The highest BCUT2D eigenvalue weighted by molar-refractivity contribution is 8.22. The van der Waals surface area contributed by atoms with E-state index in [1.807, 2.05) is 10.8 Å². The molecule has 1 unspecified atom stereocenters. The Kier molecular flexibility index (Phi) is 7.31. The van der Waals surface area contributed by atoms with Gasteiger partial charge in [0.15, 0.2) is 0 Å². The minimum atomic E-state index is -0.198. The number of benzene rings is 2. The molecule has 0 fully saturated rings. The van der Waals surface area contributed by atoms with E-state index >= 15 is 0 Å². The van der Waals surface area contributed by atoms with E-state index in [-0.39, 0.29) is 5.25 Å². The van der Waals surface area contributed by atoms with E-state index in [9.17, 15) is 0 Å². The van der Waals surface area contributed by atoms with E-state index in [2.05, 4.69) is 4.98 Å². The molecule has 0 saturated heterocycles. The van der Waals surface area contributed by atoms with Gasteiger partial charge in [-0.15, -0.1) is 0 Å². The van der Waals surface area contributed by atoms with E-state index in [0.29, 0.717) is 36.8 Å². The predicted octanol–water partition coefficient (Wildman–Crippen LogP) is 7.34. The molecule has 9 heteroatoms. The normalized spacial score (nSPS) is 12.0. The molecular weight excluding hydrogens is 466 g/mol. The maximum atomic E-state index is 6.42. The minimum Gasteiger partial charge on any atom is -0.440 e. The second kappa shape index (κ2) is 9.50. The van der Waals surface area contributed by atoms with Gasteiger partial charge < -0.3 is 9.30 Å². The van der Waals surface area contributed by atoms with Gasteiger partial charge in [0.1, 0.15) is 5.75 Å². The standard InChI is InChI=1S/C18H12Cl4N2OS2/c19-11-1-3-13(4-2-11)25-18(26)27-16(9-24-6-5-23-10-24)17-14(21)7-12(20)8-15(17)22/h1-8,10,16H,9H2. The summed E-state index contributed by atoms with van der Waals surface area (Å²) in [5, 5.41) is 1.84. The van der Waals surface area contributed by atoms with E-state index in [4.69, 9.17) is 63.4 Å². The van der Waals surface area contributed by atoms with Crippen molar-refractivity contribution < 1.29 is 4.74 Å². The average Bonchev–Trinajstić information content (AvgIpc) is 3.09. The van der Waals surface area contributed by atoms with Crippen molar-refractivity contribution >= 4 is 74.8 Å².